The molecule has 0 spiro atoms. The number of rotatable bonds is 2. The maximum absolute atomic E-state index is 12.5. The molecule has 3 rings (SSSR count). The summed E-state index contributed by atoms with van der Waals surface area (Å²) in [5, 5.41) is 3.99. The molecule has 3 heteroatoms. The number of aryl methyl sites for hydroxylation is 3. The van der Waals surface area contributed by atoms with Crippen molar-refractivity contribution < 1.29 is 4.79 Å². The molecule has 3 aromatic rings. The first-order valence-electron chi connectivity index (χ1n) is 7.29. The molecule has 0 saturated heterocycles. The Hall–Kier alpha value is -2.68. The van der Waals surface area contributed by atoms with Gasteiger partial charge in [-0.05, 0) is 56.7 Å². The zero-order valence-electron chi connectivity index (χ0n) is 13.0. The number of nitrogens with zero attached hydrogens (tertiary/aromatic N) is 1. The number of anilines is 1. The fraction of sp³-hybridized carbons (Fsp3) is 0.158. The Labute approximate surface area is 130 Å². The quantitative estimate of drug-likeness (QED) is 0.759. The second-order valence-electron chi connectivity index (χ2n) is 5.60. The van der Waals surface area contributed by atoms with Crippen LogP contribution in [0.3, 0.4) is 0 Å². The first-order chi connectivity index (χ1) is 10.5. The van der Waals surface area contributed by atoms with Crippen LogP contribution in [0.2, 0.25) is 0 Å². The summed E-state index contributed by atoms with van der Waals surface area (Å²) in [6.07, 6.45) is 0. The SMILES string of the molecule is Cc1ccc(C(=O)Nc2c(C)ccc3nc(C)ccc23)cc1. The Morgan fingerprint density at radius 3 is 2.36 bits per heavy atom. The van der Waals surface area contributed by atoms with Crippen molar-refractivity contribution in [1.82, 2.24) is 4.98 Å². The predicted molar refractivity (Wildman–Crippen MR) is 90.3 cm³/mol. The van der Waals surface area contributed by atoms with Gasteiger partial charge in [0.2, 0.25) is 0 Å². The van der Waals surface area contributed by atoms with E-state index in [9.17, 15) is 4.79 Å². The Morgan fingerprint density at radius 2 is 1.64 bits per heavy atom. The molecular formula is C19H18N2O. The first-order valence-corrected chi connectivity index (χ1v) is 7.29. The number of carbonyl (C=O) groups is 1. The minimum absolute atomic E-state index is 0.101. The number of amides is 1. The van der Waals surface area contributed by atoms with Gasteiger partial charge in [0, 0.05) is 16.6 Å². The third-order valence-electron chi connectivity index (χ3n) is 3.77. The fourth-order valence-corrected chi connectivity index (χ4v) is 2.47. The van der Waals surface area contributed by atoms with Gasteiger partial charge in [0.15, 0.2) is 0 Å². The highest BCUT2D eigenvalue weighted by Crippen LogP contribution is 2.27. The van der Waals surface area contributed by atoms with Crippen LogP contribution in [0.4, 0.5) is 5.69 Å². The molecule has 3 nitrogen and oxygen atoms in total. The number of hydrogen-bond acceptors (Lipinski definition) is 2. The van der Waals surface area contributed by atoms with E-state index in [2.05, 4.69) is 10.3 Å². The monoisotopic (exact) mass is 290 g/mol. The number of fused-ring (bicyclic) bond motifs is 1. The van der Waals surface area contributed by atoms with Crippen LogP contribution in [-0.4, -0.2) is 10.9 Å². The van der Waals surface area contributed by atoms with Crippen LogP contribution in [-0.2, 0) is 0 Å². The molecule has 1 heterocycles. The minimum atomic E-state index is -0.101. The molecule has 1 N–H and O–H groups in total. The normalized spacial score (nSPS) is 10.7. The average Bonchev–Trinajstić information content (AvgIpc) is 2.50. The number of pyridine rings is 1. The molecule has 0 bridgehead atoms. The summed E-state index contributed by atoms with van der Waals surface area (Å²) in [7, 11) is 0. The maximum Gasteiger partial charge on any atom is 0.255 e. The van der Waals surface area contributed by atoms with E-state index in [0.717, 1.165) is 33.4 Å². The van der Waals surface area contributed by atoms with Crippen LogP contribution >= 0.6 is 0 Å². The highest BCUT2D eigenvalue weighted by Gasteiger charge is 2.11. The van der Waals surface area contributed by atoms with Crippen molar-refractivity contribution in [3.05, 3.63) is 70.9 Å². The molecule has 110 valence electrons. The molecule has 0 atom stereocenters. The van der Waals surface area contributed by atoms with E-state index >= 15 is 0 Å². The Bertz CT molecular complexity index is 851. The number of benzene rings is 2. The second kappa shape index (κ2) is 5.60. The second-order valence-corrected chi connectivity index (χ2v) is 5.60. The maximum atomic E-state index is 12.5. The van der Waals surface area contributed by atoms with Crippen molar-refractivity contribution in [2.45, 2.75) is 20.8 Å². The van der Waals surface area contributed by atoms with Gasteiger partial charge in [0.1, 0.15) is 0 Å². The first kappa shape index (κ1) is 14.3. The lowest BCUT2D eigenvalue weighted by atomic mass is 10.1. The molecule has 0 unspecified atom stereocenters. The zero-order valence-corrected chi connectivity index (χ0v) is 13.0. The number of nitrogens with one attached hydrogen (secondary N) is 1. The van der Waals surface area contributed by atoms with E-state index in [-0.39, 0.29) is 5.91 Å². The zero-order chi connectivity index (χ0) is 15.7. The molecule has 0 aliphatic rings. The van der Waals surface area contributed by atoms with Crippen molar-refractivity contribution in [1.29, 1.82) is 0 Å². The summed E-state index contributed by atoms with van der Waals surface area (Å²) < 4.78 is 0. The van der Waals surface area contributed by atoms with E-state index in [4.69, 9.17) is 0 Å². The Morgan fingerprint density at radius 1 is 0.909 bits per heavy atom. The van der Waals surface area contributed by atoms with Crippen LogP contribution in [0.15, 0.2) is 48.5 Å². The van der Waals surface area contributed by atoms with E-state index < -0.39 is 0 Å². The summed E-state index contributed by atoms with van der Waals surface area (Å²) in [5.41, 5.74) is 5.51. The van der Waals surface area contributed by atoms with Crippen molar-refractivity contribution in [3.63, 3.8) is 0 Å². The average molecular weight is 290 g/mol. The van der Waals surface area contributed by atoms with Crippen molar-refractivity contribution in [2.24, 2.45) is 0 Å². The molecule has 0 radical (unpaired) electrons. The van der Waals surface area contributed by atoms with Gasteiger partial charge in [-0.3, -0.25) is 9.78 Å². The summed E-state index contributed by atoms with van der Waals surface area (Å²) in [4.78, 5) is 17.0. The van der Waals surface area contributed by atoms with Gasteiger partial charge in [-0.25, -0.2) is 0 Å². The van der Waals surface area contributed by atoms with Gasteiger partial charge in [-0.15, -0.1) is 0 Å². The number of aromatic nitrogens is 1. The topological polar surface area (TPSA) is 42.0 Å². The minimum Gasteiger partial charge on any atom is -0.321 e. The molecule has 1 aromatic heterocycles. The third-order valence-corrected chi connectivity index (χ3v) is 3.77. The van der Waals surface area contributed by atoms with E-state index in [0.29, 0.717) is 5.56 Å². The van der Waals surface area contributed by atoms with E-state index in [1.54, 1.807) is 0 Å². The van der Waals surface area contributed by atoms with E-state index in [1.165, 1.54) is 0 Å². The summed E-state index contributed by atoms with van der Waals surface area (Å²) in [6.45, 7) is 5.96. The van der Waals surface area contributed by atoms with Gasteiger partial charge in [0.25, 0.3) is 5.91 Å². The largest absolute Gasteiger partial charge is 0.321 e. The summed E-state index contributed by atoms with van der Waals surface area (Å²) in [6, 6.07) is 15.5. The van der Waals surface area contributed by atoms with E-state index in [1.807, 2.05) is 69.3 Å². The van der Waals surface area contributed by atoms with Crippen LogP contribution in [0.5, 0.6) is 0 Å². The summed E-state index contributed by atoms with van der Waals surface area (Å²) in [5.74, 6) is -0.101. The van der Waals surface area contributed by atoms with Crippen molar-refractivity contribution in [2.75, 3.05) is 5.32 Å². The van der Waals surface area contributed by atoms with Crippen LogP contribution in [0.1, 0.15) is 27.2 Å². The van der Waals surface area contributed by atoms with Gasteiger partial charge in [-0.2, -0.15) is 0 Å². The van der Waals surface area contributed by atoms with Gasteiger partial charge in [-0.1, -0.05) is 23.8 Å². The molecule has 2 aromatic carbocycles. The van der Waals surface area contributed by atoms with Crippen LogP contribution < -0.4 is 5.32 Å². The third kappa shape index (κ3) is 2.70. The van der Waals surface area contributed by atoms with Crippen molar-refractivity contribution >= 4 is 22.5 Å². The lowest BCUT2D eigenvalue weighted by Crippen LogP contribution is -2.13. The van der Waals surface area contributed by atoms with Gasteiger partial charge >= 0.3 is 0 Å². The Kier molecular flexibility index (Phi) is 3.63. The van der Waals surface area contributed by atoms with Crippen molar-refractivity contribution in [3.8, 4) is 0 Å². The summed E-state index contributed by atoms with van der Waals surface area (Å²) >= 11 is 0. The van der Waals surface area contributed by atoms with Crippen LogP contribution in [0, 0.1) is 20.8 Å². The lowest BCUT2D eigenvalue weighted by Gasteiger charge is -2.12. The Balaban J connectivity index is 2.01. The molecule has 0 aliphatic heterocycles. The number of carbonyl (C=O) groups excluding carboxylic acids is 1. The standard InChI is InChI=1S/C19H18N2O/c1-12-4-8-15(9-5-12)19(22)21-18-13(2)6-11-17-16(18)10-7-14(3)20-17/h4-11H,1-3H3,(H,21,22). The molecular weight excluding hydrogens is 272 g/mol. The highest BCUT2D eigenvalue weighted by atomic mass is 16.1. The molecule has 0 fully saturated rings. The number of hydrogen-bond donors (Lipinski definition) is 1. The highest BCUT2D eigenvalue weighted by molar-refractivity contribution is 6.09. The molecule has 1 amide bonds. The molecule has 0 aliphatic carbocycles. The van der Waals surface area contributed by atoms with Crippen LogP contribution in [0.25, 0.3) is 10.9 Å². The lowest BCUT2D eigenvalue weighted by molar-refractivity contribution is 0.102. The molecule has 22 heavy (non-hydrogen) atoms. The smallest absolute Gasteiger partial charge is 0.255 e. The van der Waals surface area contributed by atoms with Gasteiger partial charge in [0.05, 0.1) is 11.2 Å². The predicted octanol–water partition coefficient (Wildman–Crippen LogP) is 4.41. The molecule has 0 saturated carbocycles. The van der Waals surface area contributed by atoms with Gasteiger partial charge < -0.3 is 5.32 Å². The fourth-order valence-electron chi connectivity index (χ4n) is 2.47.